The van der Waals surface area contributed by atoms with Crippen molar-refractivity contribution in [1.82, 2.24) is 15.1 Å². The molecule has 2 saturated heterocycles. The van der Waals surface area contributed by atoms with Gasteiger partial charge >= 0.3 is 0 Å². The van der Waals surface area contributed by atoms with Crippen molar-refractivity contribution in [2.45, 2.75) is 65.0 Å². The Balaban J connectivity index is 1.89. The number of piperidine rings is 1. The molecule has 2 aliphatic heterocycles. The summed E-state index contributed by atoms with van der Waals surface area (Å²) in [5.41, 5.74) is 0. The summed E-state index contributed by atoms with van der Waals surface area (Å²) in [4.78, 5) is 10.0. The second-order valence-electron chi connectivity index (χ2n) is 6.64. The smallest absolute Gasteiger partial charge is 0.193 e. The molecule has 5 nitrogen and oxygen atoms in total. The van der Waals surface area contributed by atoms with E-state index >= 15 is 0 Å². The van der Waals surface area contributed by atoms with E-state index in [1.54, 1.807) is 0 Å². The van der Waals surface area contributed by atoms with E-state index in [1.165, 1.54) is 32.4 Å². The monoisotopic (exact) mass is 324 g/mol. The molecule has 0 spiro atoms. The van der Waals surface area contributed by atoms with Crippen LogP contribution in [0.3, 0.4) is 0 Å². The number of ether oxygens (including phenoxy) is 1. The minimum atomic E-state index is 0.437. The number of nitrogens with zero attached hydrogens (tertiary/aromatic N) is 3. The number of hydrogen-bond donors (Lipinski definition) is 1. The van der Waals surface area contributed by atoms with Crippen molar-refractivity contribution in [2.24, 2.45) is 4.99 Å². The van der Waals surface area contributed by atoms with E-state index in [0.717, 1.165) is 51.6 Å². The lowest BCUT2D eigenvalue weighted by molar-refractivity contribution is 0.0263. The normalized spacial score (nSPS) is 22.6. The first-order valence-electron chi connectivity index (χ1n) is 9.67. The third-order valence-electron chi connectivity index (χ3n) is 5.06. The van der Waals surface area contributed by atoms with Gasteiger partial charge < -0.3 is 15.0 Å². The van der Waals surface area contributed by atoms with Gasteiger partial charge in [-0.15, -0.1) is 0 Å². The molecule has 5 heteroatoms. The Kier molecular flexibility index (Phi) is 8.17. The first kappa shape index (κ1) is 18.5. The lowest BCUT2D eigenvalue weighted by Gasteiger charge is -2.34. The van der Waals surface area contributed by atoms with Gasteiger partial charge in [0.05, 0.1) is 12.6 Å². The summed E-state index contributed by atoms with van der Waals surface area (Å²) in [6.45, 7) is 13.8. The highest BCUT2D eigenvalue weighted by molar-refractivity contribution is 5.80. The summed E-state index contributed by atoms with van der Waals surface area (Å²) < 4.78 is 5.76. The SMILES string of the molecule is CCNC(=NCC(CC)N1CCCC1)N1CCC(OCC)CC1. The van der Waals surface area contributed by atoms with Crippen LogP contribution in [0.15, 0.2) is 4.99 Å². The van der Waals surface area contributed by atoms with Gasteiger partial charge in [-0.2, -0.15) is 0 Å². The zero-order valence-electron chi connectivity index (χ0n) is 15.4. The van der Waals surface area contributed by atoms with Gasteiger partial charge in [-0.1, -0.05) is 6.92 Å². The topological polar surface area (TPSA) is 40.1 Å². The molecule has 2 heterocycles. The van der Waals surface area contributed by atoms with Gasteiger partial charge in [-0.3, -0.25) is 9.89 Å². The first-order valence-corrected chi connectivity index (χ1v) is 9.67. The fourth-order valence-corrected chi connectivity index (χ4v) is 3.70. The molecule has 0 aromatic rings. The maximum Gasteiger partial charge on any atom is 0.193 e. The van der Waals surface area contributed by atoms with E-state index in [2.05, 4.69) is 35.9 Å². The maximum absolute atomic E-state index is 5.76. The number of hydrogen-bond acceptors (Lipinski definition) is 3. The Morgan fingerprint density at radius 1 is 1.13 bits per heavy atom. The van der Waals surface area contributed by atoms with Gasteiger partial charge in [-0.25, -0.2) is 0 Å². The average Bonchev–Trinajstić information content (AvgIpc) is 3.10. The lowest BCUT2D eigenvalue weighted by Crippen LogP contribution is -2.47. The molecule has 0 amide bonds. The second kappa shape index (κ2) is 10.1. The van der Waals surface area contributed by atoms with Gasteiger partial charge in [0.25, 0.3) is 0 Å². The van der Waals surface area contributed by atoms with Gasteiger partial charge in [0.15, 0.2) is 5.96 Å². The summed E-state index contributed by atoms with van der Waals surface area (Å²) in [5.74, 6) is 1.10. The van der Waals surface area contributed by atoms with Crippen molar-refractivity contribution in [2.75, 3.05) is 45.9 Å². The Morgan fingerprint density at radius 2 is 1.83 bits per heavy atom. The number of rotatable bonds is 7. The Morgan fingerprint density at radius 3 is 2.39 bits per heavy atom. The van der Waals surface area contributed by atoms with Crippen molar-refractivity contribution in [3.63, 3.8) is 0 Å². The van der Waals surface area contributed by atoms with E-state index in [4.69, 9.17) is 9.73 Å². The van der Waals surface area contributed by atoms with Crippen LogP contribution < -0.4 is 5.32 Å². The average molecular weight is 325 g/mol. The molecular formula is C18H36N4O. The van der Waals surface area contributed by atoms with Gasteiger partial charge in [0.1, 0.15) is 0 Å². The van der Waals surface area contributed by atoms with Gasteiger partial charge in [0.2, 0.25) is 0 Å². The highest BCUT2D eigenvalue weighted by Gasteiger charge is 2.23. The van der Waals surface area contributed by atoms with Crippen LogP contribution in [0.4, 0.5) is 0 Å². The molecule has 0 aromatic carbocycles. The van der Waals surface area contributed by atoms with E-state index in [0.29, 0.717) is 12.1 Å². The molecule has 1 N–H and O–H groups in total. The van der Waals surface area contributed by atoms with Crippen LogP contribution in [0, 0.1) is 0 Å². The van der Waals surface area contributed by atoms with Gasteiger partial charge in [0, 0.05) is 32.3 Å². The first-order chi connectivity index (χ1) is 11.3. The number of likely N-dealkylation sites (tertiary alicyclic amines) is 2. The maximum atomic E-state index is 5.76. The largest absolute Gasteiger partial charge is 0.378 e. The summed E-state index contributed by atoms with van der Waals surface area (Å²) in [6, 6.07) is 0.604. The predicted octanol–water partition coefficient (Wildman–Crippen LogP) is 2.33. The highest BCUT2D eigenvalue weighted by atomic mass is 16.5. The molecule has 0 bridgehead atoms. The third kappa shape index (κ3) is 5.64. The fourth-order valence-electron chi connectivity index (χ4n) is 3.70. The summed E-state index contributed by atoms with van der Waals surface area (Å²) in [7, 11) is 0. The molecule has 0 aliphatic carbocycles. The highest BCUT2D eigenvalue weighted by Crippen LogP contribution is 2.16. The molecule has 2 rings (SSSR count). The fraction of sp³-hybridized carbons (Fsp3) is 0.944. The molecule has 2 fully saturated rings. The zero-order chi connectivity index (χ0) is 16.5. The molecule has 1 atom stereocenters. The molecule has 2 aliphatic rings. The van der Waals surface area contributed by atoms with Crippen LogP contribution in [-0.2, 0) is 4.74 Å². The molecule has 134 valence electrons. The van der Waals surface area contributed by atoms with Gasteiger partial charge in [-0.05, 0) is 59.0 Å². The Hall–Kier alpha value is -0.810. The van der Waals surface area contributed by atoms with E-state index in [-0.39, 0.29) is 0 Å². The van der Waals surface area contributed by atoms with Crippen LogP contribution in [0.5, 0.6) is 0 Å². The molecule has 0 saturated carbocycles. The van der Waals surface area contributed by atoms with Crippen LogP contribution in [0.1, 0.15) is 52.9 Å². The van der Waals surface area contributed by atoms with Crippen LogP contribution in [0.25, 0.3) is 0 Å². The zero-order valence-corrected chi connectivity index (χ0v) is 15.4. The van der Waals surface area contributed by atoms with Crippen molar-refractivity contribution >= 4 is 5.96 Å². The van der Waals surface area contributed by atoms with Crippen LogP contribution >= 0.6 is 0 Å². The minimum Gasteiger partial charge on any atom is -0.378 e. The standard InChI is InChI=1S/C18H36N4O/c1-4-16(21-11-7-8-12-21)15-20-18(19-5-2)22-13-9-17(10-14-22)23-6-3/h16-17H,4-15H2,1-3H3,(H,19,20). The molecule has 0 aromatic heterocycles. The number of nitrogens with one attached hydrogen (secondary N) is 1. The van der Waals surface area contributed by atoms with Crippen molar-refractivity contribution < 1.29 is 4.74 Å². The van der Waals surface area contributed by atoms with E-state index < -0.39 is 0 Å². The third-order valence-corrected chi connectivity index (χ3v) is 5.06. The molecule has 1 unspecified atom stereocenters. The summed E-state index contributed by atoms with van der Waals surface area (Å²) >= 11 is 0. The predicted molar refractivity (Wildman–Crippen MR) is 97.1 cm³/mol. The van der Waals surface area contributed by atoms with E-state index in [9.17, 15) is 0 Å². The van der Waals surface area contributed by atoms with E-state index in [1.807, 2.05) is 0 Å². The molecule has 23 heavy (non-hydrogen) atoms. The van der Waals surface area contributed by atoms with Crippen LogP contribution in [0.2, 0.25) is 0 Å². The van der Waals surface area contributed by atoms with Crippen molar-refractivity contribution in [3.05, 3.63) is 0 Å². The summed E-state index contributed by atoms with van der Waals surface area (Å²) in [5, 5.41) is 3.49. The minimum absolute atomic E-state index is 0.437. The number of aliphatic imine (C=N–C) groups is 1. The molecular weight excluding hydrogens is 288 g/mol. The lowest BCUT2D eigenvalue weighted by atomic mass is 10.1. The Bertz CT molecular complexity index is 347. The number of guanidine groups is 1. The van der Waals surface area contributed by atoms with Crippen LogP contribution in [-0.4, -0.2) is 73.8 Å². The Labute approximate surface area is 142 Å². The molecule has 0 radical (unpaired) electrons. The van der Waals surface area contributed by atoms with Crippen molar-refractivity contribution in [3.8, 4) is 0 Å². The van der Waals surface area contributed by atoms with Crippen molar-refractivity contribution in [1.29, 1.82) is 0 Å². The quantitative estimate of drug-likeness (QED) is 0.576. The second-order valence-corrected chi connectivity index (χ2v) is 6.64. The summed E-state index contributed by atoms with van der Waals surface area (Å²) in [6.07, 6.45) is 6.56.